The molecule has 0 aliphatic rings. The maximum atomic E-state index is 11.9. The van der Waals surface area contributed by atoms with Crippen molar-refractivity contribution in [3.63, 3.8) is 0 Å². The molecule has 0 aromatic carbocycles. The average molecular weight is 294 g/mol. The summed E-state index contributed by atoms with van der Waals surface area (Å²) in [6.45, 7) is 3.46. The number of anilines is 1. The van der Waals surface area contributed by atoms with E-state index < -0.39 is 0 Å². The summed E-state index contributed by atoms with van der Waals surface area (Å²) in [7, 11) is 1.87. The molecule has 0 unspecified atom stereocenters. The Morgan fingerprint density at radius 3 is 2.95 bits per heavy atom. The van der Waals surface area contributed by atoms with Crippen LogP contribution in [0.1, 0.15) is 28.7 Å². The molecule has 0 atom stereocenters. The van der Waals surface area contributed by atoms with Gasteiger partial charge in [-0.3, -0.25) is 9.48 Å². The molecule has 0 aliphatic heterocycles. The van der Waals surface area contributed by atoms with Crippen LogP contribution in [0, 0.1) is 0 Å². The number of rotatable bonds is 7. The summed E-state index contributed by atoms with van der Waals surface area (Å²) < 4.78 is 1.74. The van der Waals surface area contributed by atoms with Gasteiger partial charge in [0.25, 0.3) is 5.91 Å². The first-order chi connectivity index (χ1) is 9.69. The summed E-state index contributed by atoms with van der Waals surface area (Å²) in [5.74, 6) is -0.184. The lowest BCUT2D eigenvalue weighted by molar-refractivity contribution is 0.0953. The van der Waals surface area contributed by atoms with E-state index in [2.05, 4.69) is 32.9 Å². The maximum Gasteiger partial charge on any atom is 0.282 e. The van der Waals surface area contributed by atoms with E-state index in [9.17, 15) is 4.79 Å². The lowest BCUT2D eigenvalue weighted by Crippen LogP contribution is -2.25. The van der Waals surface area contributed by atoms with Crippen molar-refractivity contribution in [3.8, 4) is 0 Å². The van der Waals surface area contributed by atoms with Crippen molar-refractivity contribution in [3.05, 3.63) is 23.0 Å². The van der Waals surface area contributed by atoms with Crippen LogP contribution in [0.2, 0.25) is 0 Å². The monoisotopic (exact) mass is 294 g/mol. The van der Waals surface area contributed by atoms with E-state index in [0.29, 0.717) is 16.7 Å². The molecule has 0 bridgehead atoms. The van der Waals surface area contributed by atoms with Crippen LogP contribution >= 0.6 is 11.3 Å². The van der Waals surface area contributed by atoms with Gasteiger partial charge in [0.2, 0.25) is 10.1 Å². The molecular formula is C12H18N6OS. The van der Waals surface area contributed by atoms with Crippen LogP contribution in [-0.4, -0.2) is 39.0 Å². The second kappa shape index (κ2) is 6.99. The van der Waals surface area contributed by atoms with Gasteiger partial charge < -0.3 is 10.6 Å². The van der Waals surface area contributed by atoms with Crippen LogP contribution in [-0.2, 0) is 13.5 Å². The smallest absolute Gasteiger partial charge is 0.282 e. The van der Waals surface area contributed by atoms with Gasteiger partial charge in [-0.2, -0.15) is 5.10 Å². The van der Waals surface area contributed by atoms with E-state index in [1.54, 1.807) is 10.9 Å². The number of aryl methyl sites for hydroxylation is 1. The van der Waals surface area contributed by atoms with Crippen molar-refractivity contribution in [2.24, 2.45) is 7.05 Å². The first-order valence-corrected chi connectivity index (χ1v) is 7.33. The molecule has 2 aromatic rings. The molecular weight excluding hydrogens is 276 g/mol. The Kier molecular flexibility index (Phi) is 5.05. The van der Waals surface area contributed by atoms with Crippen molar-refractivity contribution in [1.29, 1.82) is 0 Å². The third kappa shape index (κ3) is 4.02. The number of amides is 1. The fourth-order valence-corrected chi connectivity index (χ4v) is 2.30. The van der Waals surface area contributed by atoms with E-state index >= 15 is 0 Å². The number of nitrogens with one attached hydrogen (secondary N) is 2. The molecule has 2 rings (SSSR count). The minimum absolute atomic E-state index is 0.184. The van der Waals surface area contributed by atoms with Gasteiger partial charge in [-0.25, -0.2) is 0 Å². The van der Waals surface area contributed by atoms with Crippen LogP contribution in [0.3, 0.4) is 0 Å². The summed E-state index contributed by atoms with van der Waals surface area (Å²) in [5.41, 5.74) is 1.09. The molecule has 0 saturated carbocycles. The summed E-state index contributed by atoms with van der Waals surface area (Å²) in [6.07, 6.45) is 5.49. The predicted molar refractivity (Wildman–Crippen MR) is 77.9 cm³/mol. The Labute approximate surface area is 121 Å². The van der Waals surface area contributed by atoms with E-state index in [-0.39, 0.29) is 5.91 Å². The van der Waals surface area contributed by atoms with E-state index in [4.69, 9.17) is 0 Å². The second-order valence-corrected chi connectivity index (χ2v) is 5.34. The molecule has 0 fully saturated rings. The van der Waals surface area contributed by atoms with Crippen LogP contribution in [0.4, 0.5) is 5.13 Å². The highest BCUT2D eigenvalue weighted by Crippen LogP contribution is 2.14. The van der Waals surface area contributed by atoms with Crippen molar-refractivity contribution < 1.29 is 4.79 Å². The van der Waals surface area contributed by atoms with Crippen LogP contribution in [0.25, 0.3) is 0 Å². The standard InChI is InChI=1S/C12H18N6OS/c1-3-5-14-12-17-16-11(20-12)10(19)13-6-4-9-7-15-18(2)8-9/h7-8H,3-6H2,1-2H3,(H,13,19)(H,14,17). The van der Waals surface area contributed by atoms with Crippen LogP contribution < -0.4 is 10.6 Å². The van der Waals surface area contributed by atoms with Gasteiger partial charge in [-0.15, -0.1) is 10.2 Å². The highest BCUT2D eigenvalue weighted by molar-refractivity contribution is 7.17. The van der Waals surface area contributed by atoms with Crippen molar-refractivity contribution in [2.75, 3.05) is 18.4 Å². The Balaban J connectivity index is 1.78. The van der Waals surface area contributed by atoms with Gasteiger partial charge in [0.15, 0.2) is 0 Å². The van der Waals surface area contributed by atoms with Crippen molar-refractivity contribution in [2.45, 2.75) is 19.8 Å². The average Bonchev–Trinajstić information content (AvgIpc) is 3.05. The zero-order valence-corrected chi connectivity index (χ0v) is 12.4. The summed E-state index contributed by atoms with van der Waals surface area (Å²) in [4.78, 5) is 11.9. The topological polar surface area (TPSA) is 84.7 Å². The molecule has 2 N–H and O–H groups in total. The number of carbonyl (C=O) groups excluding carboxylic acids is 1. The lowest BCUT2D eigenvalue weighted by Gasteiger charge is -2.00. The molecule has 0 spiro atoms. The summed E-state index contributed by atoms with van der Waals surface area (Å²) in [5, 5.41) is 18.9. The first kappa shape index (κ1) is 14.4. The van der Waals surface area contributed by atoms with E-state index in [1.807, 2.05) is 13.2 Å². The number of hydrogen-bond acceptors (Lipinski definition) is 6. The predicted octanol–water partition coefficient (Wildman–Crippen LogP) is 1.07. The highest BCUT2D eigenvalue weighted by Gasteiger charge is 2.12. The van der Waals surface area contributed by atoms with E-state index in [1.165, 1.54) is 11.3 Å². The van der Waals surface area contributed by atoms with Gasteiger partial charge in [0.05, 0.1) is 6.20 Å². The highest BCUT2D eigenvalue weighted by atomic mass is 32.1. The van der Waals surface area contributed by atoms with Gasteiger partial charge in [0, 0.05) is 26.3 Å². The lowest BCUT2D eigenvalue weighted by atomic mass is 10.2. The summed E-state index contributed by atoms with van der Waals surface area (Å²) in [6, 6.07) is 0. The quantitative estimate of drug-likeness (QED) is 0.798. The SMILES string of the molecule is CCCNc1nnc(C(=O)NCCc2cnn(C)c2)s1. The largest absolute Gasteiger partial charge is 0.360 e. The fourth-order valence-electron chi connectivity index (χ4n) is 1.62. The maximum absolute atomic E-state index is 11.9. The fraction of sp³-hybridized carbons (Fsp3) is 0.500. The number of aromatic nitrogens is 4. The summed E-state index contributed by atoms with van der Waals surface area (Å²) >= 11 is 1.27. The van der Waals surface area contributed by atoms with Crippen LogP contribution in [0.15, 0.2) is 12.4 Å². The molecule has 2 aromatic heterocycles. The zero-order valence-electron chi connectivity index (χ0n) is 11.6. The molecule has 2 heterocycles. The Morgan fingerprint density at radius 2 is 2.25 bits per heavy atom. The third-order valence-electron chi connectivity index (χ3n) is 2.60. The molecule has 108 valence electrons. The molecule has 20 heavy (non-hydrogen) atoms. The normalized spacial score (nSPS) is 10.5. The zero-order chi connectivity index (χ0) is 14.4. The van der Waals surface area contributed by atoms with Gasteiger partial charge in [0.1, 0.15) is 0 Å². The van der Waals surface area contributed by atoms with Crippen LogP contribution in [0.5, 0.6) is 0 Å². The number of hydrogen-bond donors (Lipinski definition) is 2. The van der Waals surface area contributed by atoms with E-state index in [0.717, 1.165) is 24.9 Å². The third-order valence-corrected chi connectivity index (χ3v) is 3.48. The Bertz CT molecular complexity index is 564. The number of nitrogens with zero attached hydrogens (tertiary/aromatic N) is 4. The van der Waals surface area contributed by atoms with Gasteiger partial charge in [-0.05, 0) is 18.4 Å². The molecule has 8 heteroatoms. The molecule has 0 radical (unpaired) electrons. The van der Waals surface area contributed by atoms with Crippen molar-refractivity contribution >= 4 is 22.4 Å². The minimum Gasteiger partial charge on any atom is -0.360 e. The van der Waals surface area contributed by atoms with Gasteiger partial charge in [-0.1, -0.05) is 18.3 Å². The molecule has 0 saturated heterocycles. The molecule has 7 nitrogen and oxygen atoms in total. The van der Waals surface area contributed by atoms with Gasteiger partial charge >= 0.3 is 0 Å². The second-order valence-electron chi connectivity index (χ2n) is 4.37. The molecule has 0 aliphatic carbocycles. The Hall–Kier alpha value is -1.96. The number of carbonyl (C=O) groups is 1. The minimum atomic E-state index is -0.184. The van der Waals surface area contributed by atoms with Crippen molar-refractivity contribution in [1.82, 2.24) is 25.3 Å². The Morgan fingerprint density at radius 1 is 1.40 bits per heavy atom. The molecule has 1 amide bonds. The first-order valence-electron chi connectivity index (χ1n) is 6.52.